The van der Waals surface area contributed by atoms with Gasteiger partial charge in [-0.15, -0.1) is 0 Å². The molecule has 29 heavy (non-hydrogen) atoms. The lowest BCUT2D eigenvalue weighted by atomic mass is 10.0. The van der Waals surface area contributed by atoms with Crippen molar-refractivity contribution >= 4 is 5.91 Å². The third-order valence-corrected chi connectivity index (χ3v) is 5.40. The topological polar surface area (TPSA) is 75.0 Å². The molecule has 6 nitrogen and oxygen atoms in total. The van der Waals surface area contributed by atoms with Crippen molar-refractivity contribution in [2.75, 3.05) is 13.1 Å². The first-order valence-corrected chi connectivity index (χ1v) is 9.72. The van der Waals surface area contributed by atoms with Crippen molar-refractivity contribution in [3.05, 3.63) is 83.7 Å². The molecule has 1 N–H and O–H groups in total. The van der Waals surface area contributed by atoms with E-state index >= 15 is 0 Å². The molecular formula is C23H20N4O2. The highest BCUT2D eigenvalue weighted by molar-refractivity contribution is 5.99. The van der Waals surface area contributed by atoms with E-state index in [1.54, 1.807) is 0 Å². The van der Waals surface area contributed by atoms with Crippen LogP contribution in [0.3, 0.4) is 0 Å². The Morgan fingerprint density at radius 3 is 2.28 bits per heavy atom. The number of carbonyl (C=O) groups excluding carboxylic acids is 1. The number of hydrogen-bond donors (Lipinski definition) is 1. The molecule has 0 atom stereocenters. The third kappa shape index (κ3) is 3.23. The van der Waals surface area contributed by atoms with E-state index in [2.05, 4.69) is 27.5 Å². The molecule has 0 unspecified atom stereocenters. The van der Waals surface area contributed by atoms with Crippen LogP contribution in [-0.4, -0.2) is 39.3 Å². The van der Waals surface area contributed by atoms with Crippen molar-refractivity contribution in [2.45, 2.75) is 12.8 Å². The largest absolute Gasteiger partial charge is 0.363 e. The predicted molar refractivity (Wildman–Crippen MR) is 109 cm³/mol. The molecular weight excluding hydrogens is 364 g/mol. The molecule has 2 aromatic heterocycles. The summed E-state index contributed by atoms with van der Waals surface area (Å²) in [6, 6.07) is 19.8. The Morgan fingerprint density at radius 1 is 0.897 bits per heavy atom. The zero-order valence-electron chi connectivity index (χ0n) is 15.8. The van der Waals surface area contributed by atoms with Crippen LogP contribution in [-0.2, 0) is 12.8 Å². The van der Waals surface area contributed by atoms with E-state index < -0.39 is 0 Å². The summed E-state index contributed by atoms with van der Waals surface area (Å²) in [7, 11) is 0. The second kappa shape index (κ2) is 7.39. The van der Waals surface area contributed by atoms with Crippen molar-refractivity contribution in [1.29, 1.82) is 0 Å². The SMILES string of the molecule is O=C(c1conc1-c1ccccc1)N1CCc2[nH]nc(-c3ccccc3)c2CC1. The molecule has 0 saturated heterocycles. The van der Waals surface area contributed by atoms with Gasteiger partial charge in [0.25, 0.3) is 5.91 Å². The monoisotopic (exact) mass is 384 g/mol. The standard InChI is InChI=1S/C23H20N4O2/c28-23(19-15-29-26-22(19)17-9-5-2-6-10-17)27-13-11-18-20(12-14-27)24-25-21(18)16-7-3-1-4-8-16/h1-10,15H,11-14H2,(H,24,25). The van der Waals surface area contributed by atoms with Crippen LogP contribution in [0, 0.1) is 0 Å². The lowest BCUT2D eigenvalue weighted by molar-refractivity contribution is 0.0762. The number of benzene rings is 2. The van der Waals surface area contributed by atoms with Crippen LogP contribution in [0.2, 0.25) is 0 Å². The number of rotatable bonds is 3. The molecule has 2 aromatic carbocycles. The van der Waals surface area contributed by atoms with Crippen LogP contribution in [0.5, 0.6) is 0 Å². The van der Waals surface area contributed by atoms with Gasteiger partial charge in [-0.3, -0.25) is 9.89 Å². The summed E-state index contributed by atoms with van der Waals surface area (Å²) < 4.78 is 5.15. The molecule has 4 aromatic rings. The summed E-state index contributed by atoms with van der Waals surface area (Å²) in [5.41, 5.74) is 6.33. The summed E-state index contributed by atoms with van der Waals surface area (Å²) in [4.78, 5) is 15.1. The first-order valence-electron chi connectivity index (χ1n) is 9.72. The van der Waals surface area contributed by atoms with E-state index in [1.807, 2.05) is 53.4 Å². The molecule has 3 heterocycles. The number of nitrogens with zero attached hydrogens (tertiary/aromatic N) is 3. The van der Waals surface area contributed by atoms with Gasteiger partial charge in [0.2, 0.25) is 0 Å². The zero-order chi connectivity index (χ0) is 19.6. The highest BCUT2D eigenvalue weighted by Crippen LogP contribution is 2.28. The summed E-state index contributed by atoms with van der Waals surface area (Å²) in [5, 5.41) is 11.8. The van der Waals surface area contributed by atoms with Gasteiger partial charge in [0.1, 0.15) is 17.5 Å². The number of aromatic amines is 1. The van der Waals surface area contributed by atoms with Gasteiger partial charge in [-0.05, 0) is 6.42 Å². The molecule has 0 spiro atoms. The van der Waals surface area contributed by atoms with E-state index in [9.17, 15) is 4.79 Å². The maximum atomic E-state index is 13.2. The summed E-state index contributed by atoms with van der Waals surface area (Å²) in [6.07, 6.45) is 2.95. The maximum Gasteiger partial charge on any atom is 0.259 e. The van der Waals surface area contributed by atoms with Crippen LogP contribution in [0.4, 0.5) is 0 Å². The molecule has 0 fully saturated rings. The first-order chi connectivity index (χ1) is 14.3. The average molecular weight is 384 g/mol. The highest BCUT2D eigenvalue weighted by atomic mass is 16.5. The molecule has 144 valence electrons. The number of nitrogens with one attached hydrogen (secondary N) is 1. The van der Waals surface area contributed by atoms with Crippen LogP contribution in [0.25, 0.3) is 22.5 Å². The number of fused-ring (bicyclic) bond motifs is 1. The van der Waals surface area contributed by atoms with E-state index in [-0.39, 0.29) is 5.91 Å². The van der Waals surface area contributed by atoms with Crippen molar-refractivity contribution in [2.24, 2.45) is 0 Å². The molecule has 1 amide bonds. The molecule has 1 aliphatic rings. The first kappa shape index (κ1) is 17.4. The Kier molecular flexibility index (Phi) is 4.44. The van der Waals surface area contributed by atoms with Crippen LogP contribution in [0.15, 0.2) is 71.4 Å². The molecule has 0 aliphatic carbocycles. The lowest BCUT2D eigenvalue weighted by Gasteiger charge is -2.20. The quantitative estimate of drug-likeness (QED) is 0.580. The van der Waals surface area contributed by atoms with Crippen LogP contribution in [0.1, 0.15) is 21.6 Å². The van der Waals surface area contributed by atoms with Gasteiger partial charge in [0, 0.05) is 41.9 Å². The van der Waals surface area contributed by atoms with Gasteiger partial charge in [-0.1, -0.05) is 65.8 Å². The van der Waals surface area contributed by atoms with Crippen molar-refractivity contribution < 1.29 is 9.32 Å². The molecule has 0 bridgehead atoms. The normalized spacial score (nSPS) is 13.7. The minimum atomic E-state index is -0.0514. The Balaban J connectivity index is 1.39. The van der Waals surface area contributed by atoms with Crippen LogP contribution >= 0.6 is 0 Å². The average Bonchev–Trinajstić information content (AvgIpc) is 3.37. The second-order valence-corrected chi connectivity index (χ2v) is 7.13. The molecule has 0 radical (unpaired) electrons. The summed E-state index contributed by atoms with van der Waals surface area (Å²) in [6.45, 7) is 1.26. The number of carbonyl (C=O) groups is 1. The van der Waals surface area contributed by atoms with Gasteiger partial charge in [0.15, 0.2) is 0 Å². The fourth-order valence-electron chi connectivity index (χ4n) is 3.88. The molecule has 5 rings (SSSR count). The van der Waals surface area contributed by atoms with Crippen molar-refractivity contribution in [3.63, 3.8) is 0 Å². The van der Waals surface area contributed by atoms with Gasteiger partial charge in [-0.2, -0.15) is 5.10 Å². The lowest BCUT2D eigenvalue weighted by Crippen LogP contribution is -2.33. The van der Waals surface area contributed by atoms with E-state index in [1.165, 1.54) is 11.8 Å². The zero-order valence-corrected chi connectivity index (χ0v) is 15.8. The van der Waals surface area contributed by atoms with E-state index in [0.717, 1.165) is 35.4 Å². The second-order valence-electron chi connectivity index (χ2n) is 7.13. The highest BCUT2D eigenvalue weighted by Gasteiger charge is 2.26. The number of amides is 1. The number of hydrogen-bond acceptors (Lipinski definition) is 4. The molecule has 0 saturated carbocycles. The summed E-state index contributed by atoms with van der Waals surface area (Å²) in [5.74, 6) is -0.0514. The molecule has 6 heteroatoms. The smallest absolute Gasteiger partial charge is 0.259 e. The number of H-pyrrole nitrogens is 1. The molecule has 1 aliphatic heterocycles. The third-order valence-electron chi connectivity index (χ3n) is 5.40. The fourth-order valence-corrected chi connectivity index (χ4v) is 3.88. The van der Waals surface area contributed by atoms with Gasteiger partial charge in [-0.25, -0.2) is 0 Å². The van der Waals surface area contributed by atoms with E-state index in [4.69, 9.17) is 4.52 Å². The summed E-state index contributed by atoms with van der Waals surface area (Å²) >= 11 is 0. The van der Waals surface area contributed by atoms with Crippen molar-refractivity contribution in [3.8, 4) is 22.5 Å². The minimum Gasteiger partial charge on any atom is -0.363 e. The Hall–Kier alpha value is -3.67. The Bertz CT molecular complexity index is 1130. The van der Waals surface area contributed by atoms with Crippen LogP contribution < -0.4 is 0 Å². The van der Waals surface area contributed by atoms with Gasteiger partial charge >= 0.3 is 0 Å². The van der Waals surface area contributed by atoms with Crippen molar-refractivity contribution in [1.82, 2.24) is 20.3 Å². The Labute approximate surface area is 168 Å². The minimum absolute atomic E-state index is 0.0514. The van der Waals surface area contributed by atoms with E-state index in [0.29, 0.717) is 24.3 Å². The maximum absolute atomic E-state index is 13.2. The predicted octanol–water partition coefficient (Wildman–Crippen LogP) is 3.97. The number of aromatic nitrogens is 3. The fraction of sp³-hybridized carbons (Fsp3) is 0.174. The van der Waals surface area contributed by atoms with Gasteiger partial charge < -0.3 is 9.42 Å². The van der Waals surface area contributed by atoms with Gasteiger partial charge in [0.05, 0.1) is 5.69 Å². The Morgan fingerprint density at radius 2 is 1.55 bits per heavy atom.